The van der Waals surface area contributed by atoms with Gasteiger partial charge in [-0.2, -0.15) is 5.26 Å². The minimum absolute atomic E-state index is 0.374. The van der Waals surface area contributed by atoms with E-state index >= 15 is 0 Å². The molecule has 0 radical (unpaired) electrons. The first-order chi connectivity index (χ1) is 9.43. The second-order valence-corrected chi connectivity index (χ2v) is 3.69. The van der Waals surface area contributed by atoms with Crippen LogP contribution in [0.5, 0.6) is 0 Å². The molecule has 7 heteroatoms. The van der Waals surface area contributed by atoms with E-state index in [0.29, 0.717) is 17.3 Å². The number of carbonyl (C=O) groups is 3. The predicted octanol–water partition coefficient (Wildman–Crippen LogP) is 0.871. The van der Waals surface area contributed by atoms with Crippen molar-refractivity contribution in [1.82, 2.24) is 5.32 Å². The van der Waals surface area contributed by atoms with Gasteiger partial charge in [-0.05, 0) is 18.2 Å². The SMILES string of the molecule is CN(C(=O)NC(=O)C=CC(=O)O)c1cccc(C#N)c1. The van der Waals surface area contributed by atoms with Crippen LogP contribution in [0.3, 0.4) is 0 Å². The fourth-order valence-corrected chi connectivity index (χ4v) is 1.28. The first-order valence-electron chi connectivity index (χ1n) is 5.44. The van der Waals surface area contributed by atoms with E-state index < -0.39 is 17.9 Å². The van der Waals surface area contributed by atoms with Crippen LogP contribution in [0.25, 0.3) is 0 Å². The molecule has 0 saturated heterocycles. The number of carboxylic acids is 1. The minimum atomic E-state index is -1.29. The lowest BCUT2D eigenvalue weighted by atomic mass is 10.2. The molecule has 0 heterocycles. The summed E-state index contributed by atoms with van der Waals surface area (Å²) in [5.41, 5.74) is 0.802. The molecule has 3 amide bonds. The zero-order chi connectivity index (χ0) is 15.1. The fourth-order valence-electron chi connectivity index (χ4n) is 1.28. The summed E-state index contributed by atoms with van der Waals surface area (Å²) in [6.07, 6.45) is 1.36. The van der Waals surface area contributed by atoms with E-state index in [1.165, 1.54) is 13.1 Å². The van der Waals surface area contributed by atoms with Crippen LogP contribution in [0.15, 0.2) is 36.4 Å². The average Bonchev–Trinajstić information content (AvgIpc) is 2.44. The van der Waals surface area contributed by atoms with Gasteiger partial charge in [-0.3, -0.25) is 15.0 Å². The van der Waals surface area contributed by atoms with Crippen LogP contribution in [-0.2, 0) is 9.59 Å². The van der Waals surface area contributed by atoms with Crippen LogP contribution in [0.1, 0.15) is 5.56 Å². The Hall–Kier alpha value is -3.14. The number of urea groups is 1. The van der Waals surface area contributed by atoms with Gasteiger partial charge in [0.15, 0.2) is 0 Å². The Kier molecular flexibility index (Phi) is 5.00. The third-order valence-electron chi connectivity index (χ3n) is 2.27. The molecular formula is C13H11N3O4. The Balaban J connectivity index is 2.74. The Morgan fingerprint density at radius 1 is 1.35 bits per heavy atom. The van der Waals surface area contributed by atoms with E-state index in [9.17, 15) is 14.4 Å². The van der Waals surface area contributed by atoms with Crippen LogP contribution in [0.4, 0.5) is 10.5 Å². The van der Waals surface area contributed by atoms with Crippen LogP contribution in [0.2, 0.25) is 0 Å². The van der Waals surface area contributed by atoms with Gasteiger partial charge in [-0.25, -0.2) is 9.59 Å². The molecule has 1 aromatic carbocycles. The molecule has 7 nitrogen and oxygen atoms in total. The lowest BCUT2D eigenvalue weighted by molar-refractivity contribution is -0.131. The van der Waals surface area contributed by atoms with Crippen molar-refractivity contribution in [1.29, 1.82) is 5.26 Å². The lowest BCUT2D eigenvalue weighted by Gasteiger charge is -2.17. The van der Waals surface area contributed by atoms with Crippen molar-refractivity contribution in [2.24, 2.45) is 0 Å². The van der Waals surface area contributed by atoms with Crippen molar-refractivity contribution in [3.05, 3.63) is 42.0 Å². The molecular weight excluding hydrogens is 262 g/mol. The van der Waals surface area contributed by atoms with E-state index in [0.717, 1.165) is 11.0 Å². The summed E-state index contributed by atoms with van der Waals surface area (Å²) in [6, 6.07) is 7.46. The second kappa shape index (κ2) is 6.70. The number of hydrogen-bond donors (Lipinski definition) is 2. The molecule has 102 valence electrons. The van der Waals surface area contributed by atoms with Crippen molar-refractivity contribution in [2.45, 2.75) is 0 Å². The highest BCUT2D eigenvalue weighted by Gasteiger charge is 2.13. The van der Waals surface area contributed by atoms with Crippen LogP contribution >= 0.6 is 0 Å². The molecule has 0 fully saturated rings. The maximum Gasteiger partial charge on any atom is 0.328 e. The molecule has 0 aromatic heterocycles. The van der Waals surface area contributed by atoms with Crippen LogP contribution < -0.4 is 10.2 Å². The zero-order valence-electron chi connectivity index (χ0n) is 10.5. The Bertz CT molecular complexity index is 616. The molecule has 2 N–H and O–H groups in total. The Labute approximate surface area is 114 Å². The van der Waals surface area contributed by atoms with Crippen molar-refractivity contribution < 1.29 is 19.5 Å². The van der Waals surface area contributed by atoms with Gasteiger partial charge in [0, 0.05) is 24.9 Å². The molecule has 1 rings (SSSR count). The van der Waals surface area contributed by atoms with Gasteiger partial charge < -0.3 is 5.11 Å². The largest absolute Gasteiger partial charge is 0.478 e. The molecule has 0 aliphatic carbocycles. The van der Waals surface area contributed by atoms with Gasteiger partial charge in [-0.1, -0.05) is 6.07 Å². The predicted molar refractivity (Wildman–Crippen MR) is 69.9 cm³/mol. The molecule has 1 aromatic rings. The number of imide groups is 1. The summed E-state index contributed by atoms with van der Waals surface area (Å²) < 4.78 is 0. The zero-order valence-corrected chi connectivity index (χ0v) is 10.5. The molecule has 0 bridgehead atoms. The van der Waals surface area contributed by atoms with Gasteiger partial charge in [0.1, 0.15) is 0 Å². The van der Waals surface area contributed by atoms with Crippen molar-refractivity contribution in [3.63, 3.8) is 0 Å². The number of carboxylic acid groups (broad SMARTS) is 1. The van der Waals surface area contributed by atoms with Gasteiger partial charge in [-0.15, -0.1) is 0 Å². The molecule has 0 aliphatic heterocycles. The first-order valence-corrected chi connectivity index (χ1v) is 5.44. The van der Waals surface area contributed by atoms with Crippen molar-refractivity contribution in [2.75, 3.05) is 11.9 Å². The maximum absolute atomic E-state index is 11.7. The fraction of sp³-hybridized carbons (Fsp3) is 0.0769. The summed E-state index contributed by atoms with van der Waals surface area (Å²) in [7, 11) is 1.42. The van der Waals surface area contributed by atoms with E-state index in [1.54, 1.807) is 18.2 Å². The highest BCUT2D eigenvalue weighted by molar-refractivity contribution is 6.07. The summed E-state index contributed by atoms with van der Waals surface area (Å²) in [4.78, 5) is 34.3. The summed E-state index contributed by atoms with van der Waals surface area (Å²) in [5.74, 6) is -2.14. The summed E-state index contributed by atoms with van der Waals surface area (Å²) >= 11 is 0. The van der Waals surface area contributed by atoms with Gasteiger partial charge in [0.2, 0.25) is 0 Å². The molecule has 0 unspecified atom stereocenters. The van der Waals surface area contributed by atoms with Crippen molar-refractivity contribution >= 4 is 23.6 Å². The molecule has 0 saturated carbocycles. The number of aliphatic carboxylic acids is 1. The number of carbonyl (C=O) groups excluding carboxylic acids is 2. The highest BCUT2D eigenvalue weighted by Crippen LogP contribution is 2.14. The highest BCUT2D eigenvalue weighted by atomic mass is 16.4. The number of amides is 3. The average molecular weight is 273 g/mol. The van der Waals surface area contributed by atoms with Gasteiger partial charge in [0.25, 0.3) is 5.91 Å². The van der Waals surface area contributed by atoms with Gasteiger partial charge in [0.05, 0.1) is 11.6 Å². The minimum Gasteiger partial charge on any atom is -0.478 e. The monoisotopic (exact) mass is 273 g/mol. The topological polar surface area (TPSA) is 110 Å². The summed E-state index contributed by atoms with van der Waals surface area (Å²) in [5, 5.41) is 19.1. The van der Waals surface area contributed by atoms with E-state index in [4.69, 9.17) is 10.4 Å². The number of hydrogen-bond acceptors (Lipinski definition) is 4. The number of anilines is 1. The first kappa shape index (κ1) is 14.9. The molecule has 20 heavy (non-hydrogen) atoms. The van der Waals surface area contributed by atoms with E-state index in [1.807, 2.05) is 11.4 Å². The Morgan fingerprint density at radius 3 is 2.65 bits per heavy atom. The summed E-state index contributed by atoms with van der Waals surface area (Å²) in [6.45, 7) is 0. The maximum atomic E-state index is 11.7. The smallest absolute Gasteiger partial charge is 0.328 e. The number of benzene rings is 1. The van der Waals surface area contributed by atoms with Crippen LogP contribution in [0, 0.1) is 11.3 Å². The molecule has 0 atom stereocenters. The number of rotatable bonds is 3. The van der Waals surface area contributed by atoms with Crippen molar-refractivity contribution in [3.8, 4) is 6.07 Å². The third kappa shape index (κ3) is 4.27. The Morgan fingerprint density at radius 2 is 2.05 bits per heavy atom. The number of nitrogens with one attached hydrogen (secondary N) is 1. The van der Waals surface area contributed by atoms with Crippen LogP contribution in [-0.4, -0.2) is 30.1 Å². The quantitative estimate of drug-likeness (QED) is 0.794. The normalized spacial score (nSPS) is 9.80. The standard InChI is InChI=1S/C13H11N3O4/c1-16(10-4-2-3-9(7-10)8-14)13(20)15-11(17)5-6-12(18)19/h2-7H,1H3,(H,18,19)(H,15,17,20). The van der Waals surface area contributed by atoms with E-state index in [-0.39, 0.29) is 0 Å². The third-order valence-corrected chi connectivity index (χ3v) is 2.27. The second-order valence-electron chi connectivity index (χ2n) is 3.69. The number of nitrogens with zero attached hydrogens (tertiary/aromatic N) is 2. The molecule has 0 spiro atoms. The lowest BCUT2D eigenvalue weighted by Crippen LogP contribution is -2.40. The van der Waals surface area contributed by atoms with Gasteiger partial charge >= 0.3 is 12.0 Å². The molecule has 0 aliphatic rings. The van der Waals surface area contributed by atoms with E-state index in [2.05, 4.69) is 0 Å². The number of nitriles is 1.